The van der Waals surface area contributed by atoms with E-state index in [4.69, 9.17) is 5.73 Å². The van der Waals surface area contributed by atoms with E-state index in [9.17, 15) is 9.59 Å². The number of anilines is 1. The van der Waals surface area contributed by atoms with Gasteiger partial charge in [-0.15, -0.1) is 11.8 Å². The molecule has 0 aromatic heterocycles. The smallest absolute Gasteiger partial charge is 0.316 e. The lowest BCUT2D eigenvalue weighted by molar-refractivity contribution is -0.118. The minimum atomic E-state index is -0.598. The lowest BCUT2D eigenvalue weighted by Crippen LogP contribution is -2.24. The Morgan fingerprint density at radius 2 is 1.70 bits per heavy atom. The summed E-state index contributed by atoms with van der Waals surface area (Å²) in [4.78, 5) is 23.7. The summed E-state index contributed by atoms with van der Waals surface area (Å²) in [5.74, 6) is 0.361. The van der Waals surface area contributed by atoms with Crippen molar-refractivity contribution in [2.45, 2.75) is 18.4 Å². The molecule has 3 amide bonds. The van der Waals surface area contributed by atoms with Crippen LogP contribution in [-0.2, 0) is 11.3 Å². The number of thioether (sulfide) groups is 1. The fraction of sp³-hybridized carbons (Fsp3) is 0.176. The number of amides is 3. The van der Waals surface area contributed by atoms with Crippen molar-refractivity contribution in [1.29, 1.82) is 0 Å². The summed E-state index contributed by atoms with van der Waals surface area (Å²) in [6, 6.07) is 14.6. The summed E-state index contributed by atoms with van der Waals surface area (Å²) in [6.45, 7) is 2.48. The zero-order valence-electron chi connectivity index (χ0n) is 12.8. The highest BCUT2D eigenvalue weighted by molar-refractivity contribution is 8.00. The van der Waals surface area contributed by atoms with Crippen LogP contribution in [0.2, 0.25) is 0 Å². The van der Waals surface area contributed by atoms with Gasteiger partial charge in [0.2, 0.25) is 5.91 Å². The first kappa shape index (κ1) is 16.9. The Labute approximate surface area is 139 Å². The molecule has 2 aromatic rings. The number of nitrogens with one attached hydrogen (secondary N) is 2. The second-order valence-electron chi connectivity index (χ2n) is 5.06. The fourth-order valence-corrected chi connectivity index (χ4v) is 2.61. The zero-order valence-corrected chi connectivity index (χ0v) is 13.7. The molecule has 0 unspecified atom stereocenters. The zero-order chi connectivity index (χ0) is 16.7. The van der Waals surface area contributed by atoms with Crippen molar-refractivity contribution in [2.24, 2.45) is 5.73 Å². The van der Waals surface area contributed by atoms with Crippen LogP contribution in [0.25, 0.3) is 0 Å². The molecule has 120 valence electrons. The number of primary amides is 1. The quantitative estimate of drug-likeness (QED) is 0.713. The van der Waals surface area contributed by atoms with Gasteiger partial charge in [-0.1, -0.05) is 29.8 Å². The monoisotopic (exact) mass is 329 g/mol. The van der Waals surface area contributed by atoms with E-state index < -0.39 is 6.03 Å². The number of rotatable bonds is 6. The molecule has 2 rings (SSSR count). The highest BCUT2D eigenvalue weighted by Crippen LogP contribution is 2.17. The molecule has 2 aromatic carbocycles. The van der Waals surface area contributed by atoms with Gasteiger partial charge in [0, 0.05) is 17.1 Å². The van der Waals surface area contributed by atoms with Gasteiger partial charge in [0.1, 0.15) is 0 Å². The van der Waals surface area contributed by atoms with Crippen molar-refractivity contribution >= 4 is 29.4 Å². The minimum Gasteiger partial charge on any atom is -0.351 e. The summed E-state index contributed by atoms with van der Waals surface area (Å²) in [6.07, 6.45) is 0. The van der Waals surface area contributed by atoms with E-state index in [2.05, 4.69) is 10.6 Å². The first-order chi connectivity index (χ1) is 11.0. The predicted molar refractivity (Wildman–Crippen MR) is 93.4 cm³/mol. The van der Waals surface area contributed by atoms with Crippen molar-refractivity contribution in [1.82, 2.24) is 5.32 Å². The van der Waals surface area contributed by atoms with Crippen LogP contribution in [0, 0.1) is 6.92 Å². The molecule has 6 heteroatoms. The van der Waals surface area contributed by atoms with Gasteiger partial charge in [-0.05, 0) is 36.8 Å². The average Bonchev–Trinajstić information content (AvgIpc) is 2.53. The van der Waals surface area contributed by atoms with E-state index in [0.717, 1.165) is 10.5 Å². The number of hydrogen-bond donors (Lipinski definition) is 3. The minimum absolute atomic E-state index is 0.0186. The molecule has 0 aliphatic rings. The largest absolute Gasteiger partial charge is 0.351 e. The Bertz CT molecular complexity index is 669. The normalized spacial score (nSPS) is 10.1. The molecule has 0 fully saturated rings. The molecule has 0 atom stereocenters. The lowest BCUT2D eigenvalue weighted by Gasteiger charge is -2.07. The number of nitrogens with two attached hydrogens (primary N) is 1. The number of carbonyl (C=O) groups is 2. The standard InChI is InChI=1S/C17H19N3O2S/c1-12-2-8-15(9-3-12)23-11-16(21)19-10-13-4-6-14(7-5-13)20-17(18)22/h2-9H,10-11H2,1H3,(H,19,21)(H3,18,20,22). The molecule has 0 spiro atoms. The molecule has 23 heavy (non-hydrogen) atoms. The molecule has 0 bridgehead atoms. The Morgan fingerprint density at radius 3 is 2.30 bits per heavy atom. The molecule has 4 N–H and O–H groups in total. The molecular formula is C17H19N3O2S. The van der Waals surface area contributed by atoms with Gasteiger partial charge >= 0.3 is 6.03 Å². The molecule has 0 aliphatic heterocycles. The van der Waals surface area contributed by atoms with Gasteiger partial charge in [-0.3, -0.25) is 4.79 Å². The van der Waals surface area contributed by atoms with Crippen LogP contribution in [0.3, 0.4) is 0 Å². The first-order valence-corrected chi connectivity index (χ1v) is 8.13. The molecule has 0 saturated heterocycles. The molecular weight excluding hydrogens is 310 g/mol. The van der Waals surface area contributed by atoms with Gasteiger partial charge in [0.15, 0.2) is 0 Å². The van der Waals surface area contributed by atoms with Gasteiger partial charge in [-0.25, -0.2) is 4.79 Å². The van der Waals surface area contributed by atoms with Crippen molar-refractivity contribution in [2.75, 3.05) is 11.1 Å². The molecule has 5 nitrogen and oxygen atoms in total. The van der Waals surface area contributed by atoms with Gasteiger partial charge < -0.3 is 16.4 Å². The van der Waals surface area contributed by atoms with Crippen LogP contribution in [0.5, 0.6) is 0 Å². The first-order valence-electron chi connectivity index (χ1n) is 7.14. The number of aryl methyl sites for hydroxylation is 1. The van der Waals surface area contributed by atoms with Crippen LogP contribution < -0.4 is 16.4 Å². The fourth-order valence-electron chi connectivity index (χ4n) is 1.88. The highest BCUT2D eigenvalue weighted by Gasteiger charge is 2.03. The second kappa shape index (κ2) is 8.24. The van der Waals surface area contributed by atoms with E-state index in [1.807, 2.05) is 43.3 Å². The third kappa shape index (κ3) is 6.04. The average molecular weight is 329 g/mol. The number of carbonyl (C=O) groups excluding carboxylic acids is 2. The summed E-state index contributed by atoms with van der Waals surface area (Å²) in [5.41, 5.74) is 7.82. The SMILES string of the molecule is Cc1ccc(SCC(=O)NCc2ccc(NC(N)=O)cc2)cc1. The van der Waals surface area contributed by atoms with E-state index >= 15 is 0 Å². The third-order valence-corrected chi connectivity index (χ3v) is 4.11. The van der Waals surface area contributed by atoms with Crippen molar-refractivity contribution in [3.8, 4) is 0 Å². The van der Waals surface area contributed by atoms with E-state index in [1.165, 1.54) is 17.3 Å². The van der Waals surface area contributed by atoms with Crippen LogP contribution >= 0.6 is 11.8 Å². The lowest BCUT2D eigenvalue weighted by atomic mass is 10.2. The van der Waals surface area contributed by atoms with Crippen molar-refractivity contribution < 1.29 is 9.59 Å². The van der Waals surface area contributed by atoms with Gasteiger partial charge in [0.25, 0.3) is 0 Å². The second-order valence-corrected chi connectivity index (χ2v) is 6.11. The van der Waals surface area contributed by atoms with Gasteiger partial charge in [0.05, 0.1) is 5.75 Å². The maximum Gasteiger partial charge on any atom is 0.316 e. The van der Waals surface area contributed by atoms with Crippen molar-refractivity contribution in [3.05, 3.63) is 59.7 Å². The number of urea groups is 1. The molecule has 0 saturated carbocycles. The Hall–Kier alpha value is -2.47. The van der Waals surface area contributed by atoms with E-state index in [-0.39, 0.29) is 5.91 Å². The summed E-state index contributed by atoms with van der Waals surface area (Å²) < 4.78 is 0. The van der Waals surface area contributed by atoms with E-state index in [0.29, 0.717) is 18.0 Å². The Kier molecular flexibility index (Phi) is 6.05. The molecule has 0 radical (unpaired) electrons. The number of benzene rings is 2. The van der Waals surface area contributed by atoms with Crippen LogP contribution in [-0.4, -0.2) is 17.7 Å². The van der Waals surface area contributed by atoms with Crippen molar-refractivity contribution in [3.63, 3.8) is 0 Å². The van der Waals surface area contributed by atoms with Crippen LogP contribution in [0.1, 0.15) is 11.1 Å². The summed E-state index contributed by atoms with van der Waals surface area (Å²) in [5, 5.41) is 5.36. The summed E-state index contributed by atoms with van der Waals surface area (Å²) in [7, 11) is 0. The maximum atomic E-state index is 11.9. The Morgan fingerprint density at radius 1 is 1.04 bits per heavy atom. The van der Waals surface area contributed by atoms with E-state index in [1.54, 1.807) is 12.1 Å². The van der Waals surface area contributed by atoms with Gasteiger partial charge in [-0.2, -0.15) is 0 Å². The van der Waals surface area contributed by atoms with Crippen LogP contribution in [0.4, 0.5) is 10.5 Å². The summed E-state index contributed by atoms with van der Waals surface area (Å²) >= 11 is 1.51. The number of hydrogen-bond acceptors (Lipinski definition) is 3. The maximum absolute atomic E-state index is 11.9. The predicted octanol–water partition coefficient (Wildman–Crippen LogP) is 2.89. The topological polar surface area (TPSA) is 84.2 Å². The third-order valence-electron chi connectivity index (χ3n) is 3.10. The Balaban J connectivity index is 1.75. The van der Waals surface area contributed by atoms with Crippen LogP contribution in [0.15, 0.2) is 53.4 Å². The highest BCUT2D eigenvalue weighted by atomic mass is 32.2. The molecule has 0 aliphatic carbocycles. The molecule has 0 heterocycles.